The smallest absolute Gasteiger partial charge is 0.164 e. The van der Waals surface area contributed by atoms with Crippen LogP contribution in [0.4, 0.5) is 0 Å². The zero-order valence-electron chi connectivity index (χ0n) is 10.1. The SMILES string of the molecule is CCC1N=C(c2ccccc2)N=C(C=O)C1C. The molecule has 17 heavy (non-hydrogen) atoms. The highest BCUT2D eigenvalue weighted by Gasteiger charge is 2.25. The molecule has 0 aliphatic carbocycles. The molecule has 2 atom stereocenters. The molecule has 88 valence electrons. The molecule has 0 saturated carbocycles. The van der Waals surface area contributed by atoms with Crippen LogP contribution in [-0.2, 0) is 4.79 Å². The topological polar surface area (TPSA) is 41.8 Å². The molecule has 0 fully saturated rings. The van der Waals surface area contributed by atoms with E-state index in [1.54, 1.807) is 0 Å². The van der Waals surface area contributed by atoms with E-state index in [-0.39, 0.29) is 12.0 Å². The van der Waals surface area contributed by atoms with Gasteiger partial charge in [0.2, 0.25) is 0 Å². The standard InChI is InChI=1S/C14H16N2O/c1-3-12-10(2)13(9-17)16-14(15-12)11-7-5-4-6-8-11/h4-10,12H,3H2,1-2H3. The summed E-state index contributed by atoms with van der Waals surface area (Å²) in [5.41, 5.74) is 1.57. The van der Waals surface area contributed by atoms with Crippen LogP contribution in [0, 0.1) is 5.92 Å². The normalized spacial score (nSPS) is 23.9. The molecular formula is C14H16N2O. The summed E-state index contributed by atoms with van der Waals surface area (Å²) in [6.07, 6.45) is 1.77. The summed E-state index contributed by atoms with van der Waals surface area (Å²) < 4.78 is 0. The Bertz CT molecular complexity index is 462. The predicted molar refractivity (Wildman–Crippen MR) is 69.7 cm³/mol. The number of aldehydes is 1. The van der Waals surface area contributed by atoms with Gasteiger partial charge in [0.15, 0.2) is 12.1 Å². The average molecular weight is 228 g/mol. The van der Waals surface area contributed by atoms with Crippen LogP contribution < -0.4 is 0 Å². The lowest BCUT2D eigenvalue weighted by molar-refractivity contribution is -0.103. The molecule has 3 nitrogen and oxygen atoms in total. The fourth-order valence-corrected chi connectivity index (χ4v) is 2.02. The largest absolute Gasteiger partial charge is 0.297 e. The lowest BCUT2D eigenvalue weighted by atomic mass is 9.93. The van der Waals surface area contributed by atoms with Crippen LogP contribution in [0.25, 0.3) is 0 Å². The van der Waals surface area contributed by atoms with Gasteiger partial charge in [-0.2, -0.15) is 0 Å². The predicted octanol–water partition coefficient (Wildman–Crippen LogP) is 2.50. The molecule has 0 aromatic heterocycles. The van der Waals surface area contributed by atoms with Gasteiger partial charge in [-0.1, -0.05) is 44.2 Å². The molecule has 0 amide bonds. The fourth-order valence-electron chi connectivity index (χ4n) is 2.02. The quantitative estimate of drug-likeness (QED) is 0.733. The second-order valence-electron chi connectivity index (χ2n) is 4.24. The van der Waals surface area contributed by atoms with E-state index in [0.717, 1.165) is 18.3 Å². The van der Waals surface area contributed by atoms with Crippen molar-refractivity contribution in [3.05, 3.63) is 35.9 Å². The molecule has 1 aromatic carbocycles. The minimum absolute atomic E-state index is 0.116. The third-order valence-corrected chi connectivity index (χ3v) is 3.14. The Hall–Kier alpha value is -1.77. The molecular weight excluding hydrogens is 212 g/mol. The van der Waals surface area contributed by atoms with Crippen LogP contribution in [0.2, 0.25) is 0 Å². The summed E-state index contributed by atoms with van der Waals surface area (Å²) in [6, 6.07) is 9.95. The van der Waals surface area contributed by atoms with Crippen molar-refractivity contribution in [2.24, 2.45) is 15.9 Å². The Morgan fingerprint density at radius 3 is 2.59 bits per heavy atom. The second kappa shape index (κ2) is 5.04. The number of amidine groups is 1. The van der Waals surface area contributed by atoms with Gasteiger partial charge in [0.05, 0.1) is 11.8 Å². The molecule has 0 bridgehead atoms. The van der Waals surface area contributed by atoms with Gasteiger partial charge in [-0.15, -0.1) is 0 Å². The first-order valence-corrected chi connectivity index (χ1v) is 5.93. The van der Waals surface area contributed by atoms with Crippen molar-refractivity contribution in [3.63, 3.8) is 0 Å². The van der Waals surface area contributed by atoms with Crippen LogP contribution in [0.15, 0.2) is 40.3 Å². The molecule has 2 rings (SSSR count). The highest BCUT2D eigenvalue weighted by molar-refractivity contribution is 6.33. The van der Waals surface area contributed by atoms with E-state index in [2.05, 4.69) is 16.9 Å². The first kappa shape index (κ1) is 11.7. The van der Waals surface area contributed by atoms with Crippen LogP contribution in [0.1, 0.15) is 25.8 Å². The highest BCUT2D eigenvalue weighted by atomic mass is 16.1. The summed E-state index contributed by atoms with van der Waals surface area (Å²) >= 11 is 0. The van der Waals surface area contributed by atoms with Gasteiger partial charge in [-0.05, 0) is 6.42 Å². The van der Waals surface area contributed by atoms with Crippen molar-refractivity contribution in [1.29, 1.82) is 0 Å². The van der Waals surface area contributed by atoms with E-state index in [0.29, 0.717) is 11.5 Å². The maximum atomic E-state index is 11.0. The van der Waals surface area contributed by atoms with Crippen LogP contribution in [-0.4, -0.2) is 23.9 Å². The number of hydrogen-bond donors (Lipinski definition) is 0. The molecule has 1 aliphatic rings. The number of carbonyl (C=O) groups excluding carboxylic acids is 1. The van der Waals surface area contributed by atoms with Gasteiger partial charge in [0.25, 0.3) is 0 Å². The van der Waals surface area contributed by atoms with Crippen molar-refractivity contribution in [2.75, 3.05) is 0 Å². The van der Waals surface area contributed by atoms with Gasteiger partial charge in [0.1, 0.15) is 0 Å². The first-order valence-electron chi connectivity index (χ1n) is 5.93. The van der Waals surface area contributed by atoms with Crippen molar-refractivity contribution in [2.45, 2.75) is 26.3 Å². The Morgan fingerprint density at radius 1 is 1.29 bits per heavy atom. The Labute approximate surface area is 101 Å². The monoisotopic (exact) mass is 228 g/mol. The van der Waals surface area contributed by atoms with Crippen molar-refractivity contribution < 1.29 is 4.79 Å². The fraction of sp³-hybridized carbons (Fsp3) is 0.357. The van der Waals surface area contributed by atoms with Crippen LogP contribution in [0.3, 0.4) is 0 Å². The molecule has 1 heterocycles. The third kappa shape index (κ3) is 2.33. The summed E-state index contributed by atoms with van der Waals surface area (Å²) in [7, 11) is 0. The average Bonchev–Trinajstić information content (AvgIpc) is 2.40. The lowest BCUT2D eigenvalue weighted by Gasteiger charge is -2.23. The second-order valence-corrected chi connectivity index (χ2v) is 4.24. The molecule has 1 aromatic rings. The van der Waals surface area contributed by atoms with E-state index in [4.69, 9.17) is 0 Å². The van der Waals surface area contributed by atoms with Crippen molar-refractivity contribution in [3.8, 4) is 0 Å². The van der Waals surface area contributed by atoms with E-state index in [1.165, 1.54) is 0 Å². The lowest BCUT2D eigenvalue weighted by Crippen LogP contribution is -2.30. The highest BCUT2D eigenvalue weighted by Crippen LogP contribution is 2.20. The van der Waals surface area contributed by atoms with Gasteiger partial charge in [-0.25, -0.2) is 4.99 Å². The number of carbonyl (C=O) groups is 1. The molecule has 1 aliphatic heterocycles. The van der Waals surface area contributed by atoms with E-state index in [1.807, 2.05) is 37.3 Å². The molecule has 0 saturated heterocycles. The van der Waals surface area contributed by atoms with E-state index >= 15 is 0 Å². The zero-order chi connectivity index (χ0) is 12.3. The third-order valence-electron chi connectivity index (χ3n) is 3.14. The van der Waals surface area contributed by atoms with Gasteiger partial charge >= 0.3 is 0 Å². The van der Waals surface area contributed by atoms with Crippen LogP contribution in [0.5, 0.6) is 0 Å². The Morgan fingerprint density at radius 2 is 2.00 bits per heavy atom. The molecule has 3 heteroatoms. The minimum Gasteiger partial charge on any atom is -0.297 e. The number of hydrogen-bond acceptors (Lipinski definition) is 3. The molecule has 0 N–H and O–H groups in total. The van der Waals surface area contributed by atoms with Gasteiger partial charge < -0.3 is 0 Å². The van der Waals surface area contributed by atoms with Gasteiger partial charge in [-0.3, -0.25) is 9.79 Å². The van der Waals surface area contributed by atoms with E-state index < -0.39 is 0 Å². The maximum absolute atomic E-state index is 11.0. The summed E-state index contributed by atoms with van der Waals surface area (Å²) in [4.78, 5) is 20.0. The Kier molecular flexibility index (Phi) is 3.47. The van der Waals surface area contributed by atoms with E-state index in [9.17, 15) is 4.79 Å². The zero-order valence-corrected chi connectivity index (χ0v) is 10.1. The summed E-state index contributed by atoms with van der Waals surface area (Å²) in [6.45, 7) is 4.09. The summed E-state index contributed by atoms with van der Waals surface area (Å²) in [5, 5.41) is 0. The molecule has 0 radical (unpaired) electrons. The van der Waals surface area contributed by atoms with Crippen molar-refractivity contribution in [1.82, 2.24) is 0 Å². The number of aliphatic imine (C=N–C) groups is 2. The number of nitrogens with zero attached hydrogens (tertiary/aromatic N) is 2. The van der Waals surface area contributed by atoms with Crippen molar-refractivity contribution >= 4 is 17.8 Å². The van der Waals surface area contributed by atoms with Crippen LogP contribution >= 0.6 is 0 Å². The number of benzene rings is 1. The molecule has 0 spiro atoms. The van der Waals surface area contributed by atoms with Gasteiger partial charge in [0, 0.05) is 11.5 Å². The number of rotatable bonds is 3. The first-order chi connectivity index (χ1) is 8.26. The Balaban J connectivity index is 2.40. The minimum atomic E-state index is 0.116. The molecule has 2 unspecified atom stereocenters. The maximum Gasteiger partial charge on any atom is 0.164 e. The summed E-state index contributed by atoms with van der Waals surface area (Å²) in [5.74, 6) is 0.794.